The maximum absolute atomic E-state index is 13.1. The summed E-state index contributed by atoms with van der Waals surface area (Å²) >= 11 is 0. The van der Waals surface area contributed by atoms with Crippen LogP contribution in [0.3, 0.4) is 0 Å². The van der Waals surface area contributed by atoms with Crippen molar-refractivity contribution in [2.45, 2.75) is 34.6 Å². The van der Waals surface area contributed by atoms with E-state index < -0.39 is 16.2 Å². The number of hydrogen-bond acceptors (Lipinski definition) is 5. The van der Waals surface area contributed by atoms with E-state index in [1.165, 1.54) is 18.2 Å². The minimum atomic E-state index is -0.673. The van der Waals surface area contributed by atoms with Gasteiger partial charge in [0, 0.05) is 29.4 Å². The largest absolute Gasteiger partial charge is 0.490 e. The molecular formula is C23H27N3O5. The summed E-state index contributed by atoms with van der Waals surface area (Å²) in [6.07, 6.45) is 0. The van der Waals surface area contributed by atoms with Gasteiger partial charge in [0.15, 0.2) is 0 Å². The predicted octanol–water partition coefficient (Wildman–Crippen LogP) is 4.56. The first-order valence-corrected chi connectivity index (χ1v) is 10.1. The van der Waals surface area contributed by atoms with Crippen LogP contribution in [0.25, 0.3) is 0 Å². The summed E-state index contributed by atoms with van der Waals surface area (Å²) < 4.78 is 5.90. The molecule has 2 aromatic carbocycles. The Kier molecular flexibility index (Phi) is 6.01. The van der Waals surface area contributed by atoms with Gasteiger partial charge in [0.25, 0.3) is 11.6 Å². The second-order valence-corrected chi connectivity index (χ2v) is 8.88. The molecule has 1 N–H and O–H groups in total. The Morgan fingerprint density at radius 2 is 1.97 bits per heavy atom. The van der Waals surface area contributed by atoms with E-state index in [0.29, 0.717) is 34.8 Å². The van der Waals surface area contributed by atoms with Crippen LogP contribution in [-0.2, 0) is 4.79 Å². The van der Waals surface area contributed by atoms with Gasteiger partial charge in [0.2, 0.25) is 5.91 Å². The molecule has 164 valence electrons. The summed E-state index contributed by atoms with van der Waals surface area (Å²) in [5.41, 5.74) is 1.12. The lowest BCUT2D eigenvalue weighted by Crippen LogP contribution is -2.43. The number of rotatable bonds is 5. The summed E-state index contributed by atoms with van der Waals surface area (Å²) in [6, 6.07) is 9.41. The van der Waals surface area contributed by atoms with Crippen LogP contribution in [0.15, 0.2) is 36.4 Å². The van der Waals surface area contributed by atoms with E-state index in [9.17, 15) is 19.7 Å². The van der Waals surface area contributed by atoms with Crippen molar-refractivity contribution in [3.05, 3.63) is 57.6 Å². The van der Waals surface area contributed by atoms with Gasteiger partial charge in [-0.05, 0) is 57.0 Å². The molecule has 8 heteroatoms. The van der Waals surface area contributed by atoms with Crippen molar-refractivity contribution in [2.75, 3.05) is 23.4 Å². The molecule has 0 saturated carbocycles. The molecule has 2 aromatic rings. The van der Waals surface area contributed by atoms with Gasteiger partial charge in [-0.2, -0.15) is 0 Å². The zero-order valence-electron chi connectivity index (χ0n) is 18.4. The molecule has 31 heavy (non-hydrogen) atoms. The number of nitro groups is 1. The molecule has 1 heterocycles. The third-order valence-corrected chi connectivity index (χ3v) is 5.12. The smallest absolute Gasteiger partial charge is 0.272 e. The number of benzene rings is 2. The van der Waals surface area contributed by atoms with Crippen molar-refractivity contribution in [1.82, 2.24) is 0 Å². The van der Waals surface area contributed by atoms with Gasteiger partial charge in [0.1, 0.15) is 12.4 Å². The van der Waals surface area contributed by atoms with Gasteiger partial charge in [-0.25, -0.2) is 0 Å². The molecule has 0 bridgehead atoms. The van der Waals surface area contributed by atoms with Crippen LogP contribution < -0.4 is 15.0 Å². The zero-order chi connectivity index (χ0) is 22.9. The summed E-state index contributed by atoms with van der Waals surface area (Å²) in [6.45, 7) is 10.2. The molecule has 0 unspecified atom stereocenters. The first kappa shape index (κ1) is 22.3. The fraction of sp³-hybridized carbons (Fsp3) is 0.391. The third kappa shape index (κ3) is 4.68. The topological polar surface area (TPSA) is 102 Å². The number of fused-ring (bicyclic) bond motifs is 1. The molecule has 0 saturated heterocycles. The second kappa shape index (κ2) is 8.37. The Morgan fingerprint density at radius 1 is 1.26 bits per heavy atom. The highest BCUT2D eigenvalue weighted by Crippen LogP contribution is 2.38. The Balaban J connectivity index is 1.91. The van der Waals surface area contributed by atoms with Crippen molar-refractivity contribution < 1.29 is 19.2 Å². The maximum Gasteiger partial charge on any atom is 0.272 e. The minimum absolute atomic E-state index is 0.0329. The summed E-state index contributed by atoms with van der Waals surface area (Å²) in [5.74, 6) is 0.403. The molecule has 3 rings (SSSR count). The van der Waals surface area contributed by atoms with E-state index >= 15 is 0 Å². The van der Waals surface area contributed by atoms with E-state index in [1.54, 1.807) is 30.0 Å². The zero-order valence-corrected chi connectivity index (χ0v) is 18.4. The highest BCUT2D eigenvalue weighted by Gasteiger charge is 2.38. The summed E-state index contributed by atoms with van der Waals surface area (Å²) in [4.78, 5) is 38.1. The van der Waals surface area contributed by atoms with Crippen LogP contribution in [0.5, 0.6) is 5.75 Å². The van der Waals surface area contributed by atoms with Crippen LogP contribution in [-0.4, -0.2) is 29.9 Å². The molecule has 0 aliphatic carbocycles. The number of hydrogen-bond donors (Lipinski definition) is 1. The van der Waals surface area contributed by atoms with Gasteiger partial charge < -0.3 is 15.0 Å². The number of carbonyl (C=O) groups is 2. The SMILES string of the molecule is Cc1cc(C(=O)Nc2ccc3c(c2)N(CC(C)C)C(=O)C(C)(C)CO3)ccc1[N+](=O)[O-]. The molecular weight excluding hydrogens is 398 g/mol. The number of nitro benzene ring substituents is 1. The number of aryl methyl sites for hydroxylation is 1. The van der Waals surface area contributed by atoms with Crippen molar-refractivity contribution in [3.63, 3.8) is 0 Å². The molecule has 0 atom stereocenters. The van der Waals surface area contributed by atoms with Gasteiger partial charge in [-0.15, -0.1) is 0 Å². The number of anilines is 2. The normalized spacial score (nSPS) is 15.2. The Bertz CT molecular complexity index is 1050. The first-order chi connectivity index (χ1) is 14.5. The number of nitrogens with one attached hydrogen (secondary N) is 1. The fourth-order valence-electron chi connectivity index (χ4n) is 3.47. The van der Waals surface area contributed by atoms with E-state index in [-0.39, 0.29) is 24.1 Å². The molecule has 1 aliphatic rings. The van der Waals surface area contributed by atoms with Crippen LogP contribution in [0, 0.1) is 28.4 Å². The fourth-order valence-corrected chi connectivity index (χ4v) is 3.47. The molecule has 0 spiro atoms. The maximum atomic E-state index is 13.1. The standard InChI is InChI=1S/C23H27N3O5/c1-14(2)12-25-19-11-17(7-9-20(19)31-13-23(4,5)22(25)28)24-21(27)16-6-8-18(26(29)30)15(3)10-16/h6-11,14H,12-13H2,1-5H3,(H,24,27). The predicted molar refractivity (Wildman–Crippen MR) is 119 cm³/mol. The Labute approximate surface area is 181 Å². The molecule has 2 amide bonds. The molecule has 0 fully saturated rings. The van der Waals surface area contributed by atoms with Gasteiger partial charge in [-0.3, -0.25) is 19.7 Å². The highest BCUT2D eigenvalue weighted by molar-refractivity contribution is 6.05. The van der Waals surface area contributed by atoms with Gasteiger partial charge in [-0.1, -0.05) is 13.8 Å². The lowest BCUT2D eigenvalue weighted by Gasteiger charge is -2.29. The van der Waals surface area contributed by atoms with Crippen LogP contribution in [0.2, 0.25) is 0 Å². The summed E-state index contributed by atoms with van der Waals surface area (Å²) in [5, 5.41) is 13.8. The quantitative estimate of drug-likeness (QED) is 0.559. The van der Waals surface area contributed by atoms with E-state index in [4.69, 9.17) is 4.74 Å². The van der Waals surface area contributed by atoms with Crippen molar-refractivity contribution in [1.29, 1.82) is 0 Å². The van der Waals surface area contributed by atoms with E-state index in [2.05, 4.69) is 5.32 Å². The average molecular weight is 425 g/mol. The van der Waals surface area contributed by atoms with Crippen LogP contribution in [0.1, 0.15) is 43.6 Å². The van der Waals surface area contributed by atoms with Gasteiger partial charge >= 0.3 is 0 Å². The molecule has 1 aliphatic heterocycles. The van der Waals surface area contributed by atoms with E-state index in [1.807, 2.05) is 27.7 Å². The van der Waals surface area contributed by atoms with Crippen LogP contribution >= 0.6 is 0 Å². The number of amides is 2. The van der Waals surface area contributed by atoms with Crippen molar-refractivity contribution >= 4 is 28.9 Å². The number of carbonyl (C=O) groups excluding carboxylic acids is 2. The van der Waals surface area contributed by atoms with Crippen LogP contribution in [0.4, 0.5) is 17.1 Å². The third-order valence-electron chi connectivity index (χ3n) is 5.12. The Hall–Kier alpha value is -3.42. The van der Waals surface area contributed by atoms with E-state index in [0.717, 1.165) is 0 Å². The Morgan fingerprint density at radius 3 is 2.58 bits per heavy atom. The number of nitrogens with zero attached hydrogens (tertiary/aromatic N) is 2. The molecule has 8 nitrogen and oxygen atoms in total. The first-order valence-electron chi connectivity index (χ1n) is 10.1. The van der Waals surface area contributed by atoms with Crippen molar-refractivity contribution in [2.24, 2.45) is 11.3 Å². The summed E-state index contributed by atoms with van der Waals surface area (Å²) in [7, 11) is 0. The minimum Gasteiger partial charge on any atom is -0.490 e. The highest BCUT2D eigenvalue weighted by atomic mass is 16.6. The second-order valence-electron chi connectivity index (χ2n) is 8.88. The molecule has 0 radical (unpaired) electrons. The molecule has 0 aromatic heterocycles. The monoisotopic (exact) mass is 425 g/mol. The lowest BCUT2D eigenvalue weighted by atomic mass is 9.92. The van der Waals surface area contributed by atoms with Gasteiger partial charge in [0.05, 0.1) is 16.0 Å². The van der Waals surface area contributed by atoms with Crippen molar-refractivity contribution in [3.8, 4) is 5.75 Å². The number of ether oxygens (including phenoxy) is 1. The average Bonchev–Trinajstić information content (AvgIpc) is 2.77. The lowest BCUT2D eigenvalue weighted by molar-refractivity contribution is -0.385.